The van der Waals surface area contributed by atoms with E-state index in [0.29, 0.717) is 24.5 Å². The van der Waals surface area contributed by atoms with E-state index < -0.39 is 23.3 Å². The second kappa shape index (κ2) is 9.17. The van der Waals surface area contributed by atoms with Crippen LogP contribution >= 0.6 is 0 Å². The summed E-state index contributed by atoms with van der Waals surface area (Å²) >= 11 is 0. The fraction of sp³-hybridized carbons (Fsp3) is 0.286. The Morgan fingerprint density at radius 3 is 2.48 bits per heavy atom. The molecule has 0 fully saturated rings. The molecule has 0 saturated carbocycles. The molecule has 0 amide bonds. The minimum atomic E-state index is -0.880. The van der Waals surface area contributed by atoms with Gasteiger partial charge in [-0.25, -0.2) is 18.7 Å². The van der Waals surface area contributed by atoms with E-state index in [1.54, 1.807) is 6.20 Å². The molecule has 0 spiro atoms. The van der Waals surface area contributed by atoms with E-state index in [1.165, 1.54) is 12.3 Å². The summed E-state index contributed by atoms with van der Waals surface area (Å²) in [6.45, 7) is 2.98. The normalized spacial score (nSPS) is 14.5. The quantitative estimate of drug-likeness (QED) is 0.453. The Hall–Kier alpha value is -3.40. The number of hydrogen-bond donors (Lipinski definition) is 3. The first-order valence-corrected chi connectivity index (χ1v) is 9.90. The molecular formula is C21H21F3N6O. The van der Waals surface area contributed by atoms with Gasteiger partial charge in [0.2, 0.25) is 17.6 Å². The Balaban J connectivity index is 1.73. The molecule has 0 aliphatic carbocycles. The molecule has 0 saturated heterocycles. The minimum Gasteiger partial charge on any atom is -0.402 e. The molecular weight excluding hydrogens is 409 g/mol. The van der Waals surface area contributed by atoms with Crippen LogP contribution in [-0.2, 0) is 0 Å². The number of rotatable bonds is 0. The largest absolute Gasteiger partial charge is 0.402 e. The van der Waals surface area contributed by atoms with Crippen LogP contribution in [0.25, 0.3) is 11.1 Å². The lowest BCUT2D eigenvalue weighted by atomic mass is 10.1. The summed E-state index contributed by atoms with van der Waals surface area (Å²) in [6, 6.07) is 3.61. The van der Waals surface area contributed by atoms with Crippen molar-refractivity contribution in [2.24, 2.45) is 0 Å². The first-order valence-electron chi connectivity index (χ1n) is 9.90. The molecule has 0 radical (unpaired) electrons. The topological polar surface area (TPSA) is 84.0 Å². The van der Waals surface area contributed by atoms with Gasteiger partial charge in [0.1, 0.15) is 5.82 Å². The van der Waals surface area contributed by atoms with Crippen molar-refractivity contribution in [1.29, 1.82) is 0 Å². The van der Waals surface area contributed by atoms with Crippen LogP contribution in [0.3, 0.4) is 0 Å². The van der Waals surface area contributed by atoms with E-state index >= 15 is 0 Å². The fourth-order valence-corrected chi connectivity index (χ4v) is 3.15. The molecule has 0 atom stereocenters. The second-order valence-electron chi connectivity index (χ2n) is 7.17. The molecule has 2 aliphatic heterocycles. The number of fused-ring (bicyclic) bond motifs is 9. The number of pyridine rings is 1. The molecule has 4 heterocycles. The van der Waals surface area contributed by atoms with Crippen LogP contribution in [0.1, 0.15) is 24.8 Å². The maximum absolute atomic E-state index is 14.5. The highest BCUT2D eigenvalue weighted by molar-refractivity contribution is 5.69. The molecule has 10 heteroatoms. The number of aromatic nitrogens is 3. The first-order chi connectivity index (χ1) is 15.0. The van der Waals surface area contributed by atoms with Gasteiger partial charge in [0.15, 0.2) is 11.6 Å². The highest BCUT2D eigenvalue weighted by atomic mass is 19.1. The van der Waals surface area contributed by atoms with Gasteiger partial charge in [-0.2, -0.15) is 14.9 Å². The molecule has 2 aromatic heterocycles. The maximum Gasteiger partial charge on any atom is 0.236 e. The molecule has 31 heavy (non-hydrogen) atoms. The summed E-state index contributed by atoms with van der Waals surface area (Å²) in [4.78, 5) is 17.4. The Kier molecular flexibility index (Phi) is 6.17. The van der Waals surface area contributed by atoms with E-state index in [0.717, 1.165) is 37.0 Å². The zero-order valence-corrected chi connectivity index (χ0v) is 16.8. The summed E-state index contributed by atoms with van der Waals surface area (Å²) in [5.74, 6) is -2.25. The van der Waals surface area contributed by atoms with E-state index in [4.69, 9.17) is 4.84 Å². The van der Waals surface area contributed by atoms with Crippen LogP contribution in [0.4, 0.5) is 30.6 Å². The molecule has 0 unspecified atom stereocenters. The number of hydroxylamine groups is 1. The van der Waals surface area contributed by atoms with Gasteiger partial charge in [-0.15, -0.1) is 0 Å². The van der Waals surface area contributed by atoms with Crippen molar-refractivity contribution in [3.63, 3.8) is 0 Å². The van der Waals surface area contributed by atoms with Gasteiger partial charge in [-0.05, 0) is 43.5 Å². The van der Waals surface area contributed by atoms with Gasteiger partial charge in [0.05, 0.1) is 5.69 Å². The van der Waals surface area contributed by atoms with Crippen molar-refractivity contribution in [2.45, 2.75) is 26.2 Å². The molecule has 6 bridgehead atoms. The van der Waals surface area contributed by atoms with Crippen LogP contribution < -0.4 is 21.0 Å². The maximum atomic E-state index is 14.5. The Bertz CT molecular complexity index is 1070. The molecule has 3 aromatic rings. The van der Waals surface area contributed by atoms with Crippen LogP contribution in [0.2, 0.25) is 0 Å². The molecule has 7 nitrogen and oxygen atoms in total. The Morgan fingerprint density at radius 2 is 1.68 bits per heavy atom. The lowest BCUT2D eigenvalue weighted by Crippen LogP contribution is -2.21. The number of aryl methyl sites for hydroxylation is 1. The van der Waals surface area contributed by atoms with Crippen molar-refractivity contribution < 1.29 is 18.0 Å². The predicted molar refractivity (Wildman–Crippen MR) is 111 cm³/mol. The highest BCUT2D eigenvalue weighted by Crippen LogP contribution is 2.31. The van der Waals surface area contributed by atoms with Crippen LogP contribution in [0, 0.1) is 24.5 Å². The minimum absolute atomic E-state index is 0.0203. The van der Waals surface area contributed by atoms with E-state index in [1.807, 2.05) is 6.92 Å². The summed E-state index contributed by atoms with van der Waals surface area (Å²) in [7, 11) is 0. The van der Waals surface area contributed by atoms with E-state index in [9.17, 15) is 13.2 Å². The number of anilines is 3. The number of nitrogens with one attached hydrogen (secondary N) is 3. The molecule has 1 aromatic carbocycles. The summed E-state index contributed by atoms with van der Waals surface area (Å²) < 4.78 is 43.2. The average molecular weight is 430 g/mol. The monoisotopic (exact) mass is 430 g/mol. The molecule has 162 valence electrons. The highest BCUT2D eigenvalue weighted by Gasteiger charge is 2.16. The summed E-state index contributed by atoms with van der Waals surface area (Å²) in [5.41, 5.74) is 3.92. The van der Waals surface area contributed by atoms with Crippen molar-refractivity contribution in [3.8, 4) is 16.9 Å². The zero-order chi connectivity index (χ0) is 21.8. The number of hydrogen-bond acceptors (Lipinski definition) is 7. The Labute approximate surface area is 177 Å². The van der Waals surface area contributed by atoms with Crippen LogP contribution in [0.5, 0.6) is 5.75 Å². The van der Waals surface area contributed by atoms with Crippen LogP contribution in [0.15, 0.2) is 30.6 Å². The van der Waals surface area contributed by atoms with Gasteiger partial charge < -0.3 is 15.5 Å². The smallest absolute Gasteiger partial charge is 0.236 e. The van der Waals surface area contributed by atoms with Gasteiger partial charge >= 0.3 is 0 Å². The van der Waals surface area contributed by atoms with Gasteiger partial charge in [0.25, 0.3) is 0 Å². The third-order valence-corrected chi connectivity index (χ3v) is 4.81. The van der Waals surface area contributed by atoms with Crippen LogP contribution in [-0.4, -0.2) is 28.0 Å². The average Bonchev–Trinajstić information content (AvgIpc) is 2.74. The van der Waals surface area contributed by atoms with Crippen molar-refractivity contribution >= 4 is 17.5 Å². The van der Waals surface area contributed by atoms with Gasteiger partial charge in [-0.1, -0.05) is 6.42 Å². The van der Waals surface area contributed by atoms with Gasteiger partial charge in [0, 0.05) is 36.6 Å². The van der Waals surface area contributed by atoms with Crippen molar-refractivity contribution in [3.05, 3.63) is 53.7 Å². The fourth-order valence-electron chi connectivity index (χ4n) is 3.15. The SMILES string of the molecule is Cc1cnc2nc1NCCCCCNOc1c(F)cc(cc1F)-c1cnc(F)c(c1)N2. The number of nitrogens with zero attached hydrogens (tertiary/aromatic N) is 3. The summed E-state index contributed by atoms with van der Waals surface area (Å²) in [5, 5.41) is 6.04. The molecule has 5 rings (SSSR count). The third-order valence-electron chi connectivity index (χ3n) is 4.81. The van der Waals surface area contributed by atoms with Crippen molar-refractivity contribution in [2.75, 3.05) is 23.7 Å². The first kappa shape index (κ1) is 20.9. The molecule has 3 N–H and O–H groups in total. The van der Waals surface area contributed by atoms with Crippen molar-refractivity contribution in [1.82, 2.24) is 20.4 Å². The van der Waals surface area contributed by atoms with E-state index in [-0.39, 0.29) is 17.2 Å². The number of benzene rings is 1. The zero-order valence-electron chi connectivity index (χ0n) is 16.8. The standard InChI is InChI=1S/C21H21F3N6O/c1-12-10-27-21-29-17-9-14(11-26-19(17)24)13-7-15(22)18(16(23)8-13)31-28-6-4-2-3-5-25-20(12)30-21/h7-11,28H,2-6H2,1H3,(H2,25,27,29,30). The number of halogens is 3. The van der Waals surface area contributed by atoms with E-state index in [2.05, 4.69) is 31.1 Å². The third kappa shape index (κ3) is 4.85. The predicted octanol–water partition coefficient (Wildman–Crippen LogP) is 4.49. The Morgan fingerprint density at radius 1 is 0.903 bits per heavy atom. The lowest BCUT2D eigenvalue weighted by molar-refractivity contribution is 0.175. The lowest BCUT2D eigenvalue weighted by Gasteiger charge is -2.12. The molecule has 2 aliphatic rings. The second-order valence-corrected chi connectivity index (χ2v) is 7.17. The summed E-state index contributed by atoms with van der Waals surface area (Å²) in [6.07, 6.45) is 5.30. The van der Waals surface area contributed by atoms with Gasteiger partial charge in [-0.3, -0.25) is 0 Å².